The molecule has 0 aliphatic carbocycles. The van der Waals surface area contributed by atoms with Crippen LogP contribution in [0.3, 0.4) is 0 Å². The summed E-state index contributed by atoms with van der Waals surface area (Å²) in [6, 6.07) is 8.31. The van der Waals surface area contributed by atoms with Crippen molar-refractivity contribution in [2.45, 2.75) is 6.42 Å². The first kappa shape index (κ1) is 14.0. The van der Waals surface area contributed by atoms with E-state index >= 15 is 0 Å². The van der Waals surface area contributed by atoms with Crippen molar-refractivity contribution in [1.29, 1.82) is 0 Å². The first-order chi connectivity index (χ1) is 9.10. The van der Waals surface area contributed by atoms with Gasteiger partial charge in [0.1, 0.15) is 23.1 Å². The van der Waals surface area contributed by atoms with Crippen LogP contribution in [-0.2, 0) is 6.42 Å². The standard InChI is InChI=1S/C14H12BrF2NO/c15-12-3-1-11(17)8-14(12)19-13-4-2-10(16)7-9(13)5-6-18/h1-4,7-8H,5-6,18H2. The lowest BCUT2D eigenvalue weighted by atomic mass is 10.1. The molecule has 19 heavy (non-hydrogen) atoms. The average Bonchev–Trinajstić information content (AvgIpc) is 2.37. The Hall–Kier alpha value is -1.46. The van der Waals surface area contributed by atoms with Crippen molar-refractivity contribution >= 4 is 15.9 Å². The predicted octanol–water partition coefficient (Wildman–Crippen LogP) is 4.02. The minimum Gasteiger partial charge on any atom is -0.456 e. The summed E-state index contributed by atoms with van der Waals surface area (Å²) in [6.07, 6.45) is 0.486. The van der Waals surface area contributed by atoms with Gasteiger partial charge >= 0.3 is 0 Å². The number of halogens is 3. The minimum atomic E-state index is -0.402. The van der Waals surface area contributed by atoms with Crippen LogP contribution in [0, 0.1) is 11.6 Å². The van der Waals surface area contributed by atoms with E-state index in [9.17, 15) is 8.78 Å². The third-order valence-corrected chi connectivity index (χ3v) is 3.20. The number of benzene rings is 2. The van der Waals surface area contributed by atoms with E-state index in [4.69, 9.17) is 10.5 Å². The van der Waals surface area contributed by atoms with Crippen LogP contribution >= 0.6 is 15.9 Å². The Bertz CT molecular complexity index is 590. The summed E-state index contributed by atoms with van der Waals surface area (Å²) in [5.74, 6) is 0.0535. The molecule has 0 aliphatic rings. The molecule has 100 valence electrons. The van der Waals surface area contributed by atoms with Gasteiger partial charge in [0.05, 0.1) is 4.47 Å². The van der Waals surface area contributed by atoms with Gasteiger partial charge in [-0.3, -0.25) is 0 Å². The molecule has 0 radical (unpaired) electrons. The molecule has 2 aromatic carbocycles. The largest absolute Gasteiger partial charge is 0.456 e. The number of hydrogen-bond acceptors (Lipinski definition) is 2. The summed E-state index contributed by atoms with van der Waals surface area (Å²) >= 11 is 3.28. The van der Waals surface area contributed by atoms with Gasteiger partial charge in [0.25, 0.3) is 0 Å². The number of hydrogen-bond donors (Lipinski definition) is 1. The van der Waals surface area contributed by atoms with Gasteiger partial charge in [-0.1, -0.05) is 0 Å². The van der Waals surface area contributed by atoms with Gasteiger partial charge in [-0.2, -0.15) is 0 Å². The molecule has 0 bridgehead atoms. The van der Waals surface area contributed by atoms with Gasteiger partial charge in [-0.05, 0) is 64.8 Å². The van der Waals surface area contributed by atoms with Gasteiger partial charge in [0.2, 0.25) is 0 Å². The highest BCUT2D eigenvalue weighted by molar-refractivity contribution is 9.10. The van der Waals surface area contributed by atoms with E-state index < -0.39 is 5.82 Å². The molecule has 0 amide bonds. The van der Waals surface area contributed by atoms with Crippen LogP contribution in [0.4, 0.5) is 8.78 Å². The third-order valence-electron chi connectivity index (χ3n) is 2.55. The van der Waals surface area contributed by atoms with Crippen molar-refractivity contribution in [2.24, 2.45) is 5.73 Å². The maximum Gasteiger partial charge on any atom is 0.144 e. The highest BCUT2D eigenvalue weighted by atomic mass is 79.9. The van der Waals surface area contributed by atoms with Crippen LogP contribution < -0.4 is 10.5 Å². The minimum absolute atomic E-state index is 0.338. The molecule has 0 aromatic heterocycles. The summed E-state index contributed by atoms with van der Waals surface area (Å²) < 4.78 is 32.6. The molecule has 0 heterocycles. The highest BCUT2D eigenvalue weighted by Gasteiger charge is 2.09. The second kappa shape index (κ2) is 6.12. The Balaban J connectivity index is 2.34. The molecule has 0 atom stereocenters. The smallest absolute Gasteiger partial charge is 0.144 e. The van der Waals surface area contributed by atoms with Crippen molar-refractivity contribution < 1.29 is 13.5 Å². The molecule has 0 spiro atoms. The van der Waals surface area contributed by atoms with Crippen molar-refractivity contribution in [3.8, 4) is 11.5 Å². The van der Waals surface area contributed by atoms with E-state index in [2.05, 4.69) is 15.9 Å². The zero-order valence-electron chi connectivity index (χ0n) is 10.00. The maximum atomic E-state index is 13.2. The third kappa shape index (κ3) is 3.52. The number of ether oxygens (including phenoxy) is 1. The van der Waals surface area contributed by atoms with E-state index in [1.165, 1.54) is 30.3 Å². The Morgan fingerprint density at radius 2 is 1.68 bits per heavy atom. The number of nitrogens with two attached hydrogens (primary N) is 1. The van der Waals surface area contributed by atoms with Gasteiger partial charge in [0.15, 0.2) is 0 Å². The zero-order valence-corrected chi connectivity index (χ0v) is 11.6. The summed E-state index contributed by atoms with van der Waals surface area (Å²) in [4.78, 5) is 0. The normalized spacial score (nSPS) is 10.5. The molecule has 5 heteroatoms. The average molecular weight is 328 g/mol. The summed E-state index contributed by atoms with van der Waals surface area (Å²) in [6.45, 7) is 0.379. The lowest BCUT2D eigenvalue weighted by Gasteiger charge is -2.12. The fraction of sp³-hybridized carbons (Fsp3) is 0.143. The first-order valence-corrected chi connectivity index (χ1v) is 6.51. The van der Waals surface area contributed by atoms with E-state index in [0.717, 1.165) is 0 Å². The molecule has 2 rings (SSSR count). The van der Waals surface area contributed by atoms with E-state index in [1.54, 1.807) is 6.07 Å². The Kier molecular flexibility index (Phi) is 4.50. The lowest BCUT2D eigenvalue weighted by molar-refractivity contribution is 0.465. The molecule has 0 saturated heterocycles. The first-order valence-electron chi connectivity index (χ1n) is 5.71. The maximum absolute atomic E-state index is 13.2. The van der Waals surface area contributed by atoms with Crippen LogP contribution in [0.15, 0.2) is 40.9 Å². The lowest BCUT2D eigenvalue weighted by Crippen LogP contribution is -2.04. The van der Waals surface area contributed by atoms with Crippen molar-refractivity contribution in [1.82, 2.24) is 0 Å². The van der Waals surface area contributed by atoms with Crippen LogP contribution in [0.2, 0.25) is 0 Å². The second-order valence-electron chi connectivity index (χ2n) is 3.97. The van der Waals surface area contributed by atoms with Crippen molar-refractivity contribution in [3.05, 3.63) is 58.1 Å². The fourth-order valence-corrected chi connectivity index (χ4v) is 2.00. The molecule has 0 saturated carbocycles. The summed E-state index contributed by atoms with van der Waals surface area (Å²) in [7, 11) is 0. The Morgan fingerprint density at radius 1 is 1.00 bits per heavy atom. The highest BCUT2D eigenvalue weighted by Crippen LogP contribution is 2.32. The Labute approximate surface area is 118 Å². The van der Waals surface area contributed by atoms with Crippen molar-refractivity contribution in [2.75, 3.05) is 6.54 Å². The van der Waals surface area contributed by atoms with Crippen LogP contribution in [-0.4, -0.2) is 6.54 Å². The molecule has 0 aliphatic heterocycles. The van der Waals surface area contributed by atoms with Crippen LogP contribution in [0.5, 0.6) is 11.5 Å². The van der Waals surface area contributed by atoms with E-state index in [1.807, 2.05) is 0 Å². The number of rotatable bonds is 4. The monoisotopic (exact) mass is 327 g/mol. The zero-order chi connectivity index (χ0) is 13.8. The van der Waals surface area contributed by atoms with Crippen LogP contribution in [0.1, 0.15) is 5.56 Å². The predicted molar refractivity (Wildman–Crippen MR) is 73.3 cm³/mol. The molecule has 0 unspecified atom stereocenters. The van der Waals surface area contributed by atoms with E-state index in [0.29, 0.717) is 34.5 Å². The van der Waals surface area contributed by atoms with Crippen molar-refractivity contribution in [3.63, 3.8) is 0 Å². The quantitative estimate of drug-likeness (QED) is 0.920. The SMILES string of the molecule is NCCc1cc(F)ccc1Oc1cc(F)ccc1Br. The molecule has 2 N–H and O–H groups in total. The molecular formula is C14H12BrF2NO. The van der Waals surface area contributed by atoms with Gasteiger partial charge in [-0.15, -0.1) is 0 Å². The van der Waals surface area contributed by atoms with Gasteiger partial charge in [0, 0.05) is 6.07 Å². The summed E-state index contributed by atoms with van der Waals surface area (Å²) in [5.41, 5.74) is 6.13. The van der Waals surface area contributed by atoms with Gasteiger partial charge < -0.3 is 10.5 Å². The topological polar surface area (TPSA) is 35.2 Å². The fourth-order valence-electron chi connectivity index (χ4n) is 1.67. The summed E-state index contributed by atoms with van der Waals surface area (Å²) in [5, 5.41) is 0. The molecule has 0 fully saturated rings. The molecule has 2 aromatic rings. The second-order valence-corrected chi connectivity index (χ2v) is 4.82. The van der Waals surface area contributed by atoms with Crippen LogP contribution in [0.25, 0.3) is 0 Å². The Morgan fingerprint density at radius 3 is 2.42 bits per heavy atom. The molecule has 2 nitrogen and oxygen atoms in total. The van der Waals surface area contributed by atoms with E-state index in [-0.39, 0.29) is 5.82 Å². The molecular weight excluding hydrogens is 316 g/mol. The van der Waals surface area contributed by atoms with Gasteiger partial charge in [-0.25, -0.2) is 8.78 Å².